The highest BCUT2D eigenvalue weighted by atomic mass is 32.2. The Labute approximate surface area is 182 Å². The van der Waals surface area contributed by atoms with E-state index in [9.17, 15) is 9.59 Å². The van der Waals surface area contributed by atoms with Gasteiger partial charge in [-0.2, -0.15) is 0 Å². The van der Waals surface area contributed by atoms with Gasteiger partial charge in [0.2, 0.25) is 5.91 Å². The highest BCUT2D eigenvalue weighted by molar-refractivity contribution is 8.01. The van der Waals surface area contributed by atoms with Crippen LogP contribution in [0.4, 0.5) is 0 Å². The fourth-order valence-corrected chi connectivity index (χ4v) is 6.41. The Kier molecular flexibility index (Phi) is 5.75. The van der Waals surface area contributed by atoms with Crippen molar-refractivity contribution >= 4 is 23.6 Å². The second-order valence-corrected chi connectivity index (χ2v) is 10.3. The van der Waals surface area contributed by atoms with Crippen LogP contribution >= 0.6 is 11.8 Å². The fourth-order valence-electron chi connectivity index (χ4n) is 4.83. The number of thioether (sulfide) groups is 1. The van der Waals surface area contributed by atoms with E-state index in [0.29, 0.717) is 23.6 Å². The number of carbonyl (C=O) groups is 2. The number of allylic oxidation sites excluding steroid dienone is 1. The molecule has 2 unspecified atom stereocenters. The standard InChI is InChI=1S/C23H30N2O4S/c1-23(2)19(20(26)24-13-12-14-8-6-5-7-9-14)25-21(27)17-15(22(25)30-23)10-11-16(28-3)18(17)29-4/h8,10-11,19,22H,5-7,9,12-13H2,1-4H3,(H,24,26). The molecule has 0 bridgehead atoms. The number of hydrogen-bond acceptors (Lipinski definition) is 5. The molecule has 0 radical (unpaired) electrons. The number of nitrogens with one attached hydrogen (secondary N) is 1. The third kappa shape index (κ3) is 3.47. The zero-order valence-corrected chi connectivity index (χ0v) is 18.9. The minimum Gasteiger partial charge on any atom is -0.493 e. The second kappa shape index (κ2) is 8.17. The molecule has 2 amide bonds. The summed E-state index contributed by atoms with van der Waals surface area (Å²) in [5.74, 6) is 0.713. The second-order valence-electron chi connectivity index (χ2n) is 8.60. The highest BCUT2D eigenvalue weighted by Crippen LogP contribution is 2.58. The predicted molar refractivity (Wildman–Crippen MR) is 118 cm³/mol. The molecular weight excluding hydrogens is 400 g/mol. The van der Waals surface area contributed by atoms with Crippen LogP contribution in [0.25, 0.3) is 0 Å². The van der Waals surface area contributed by atoms with E-state index >= 15 is 0 Å². The zero-order valence-electron chi connectivity index (χ0n) is 18.1. The van der Waals surface area contributed by atoms with Crippen LogP contribution in [-0.2, 0) is 4.79 Å². The van der Waals surface area contributed by atoms with Crippen molar-refractivity contribution in [3.63, 3.8) is 0 Å². The molecule has 4 rings (SSSR count). The SMILES string of the molecule is COc1ccc2c(c1OC)C(=O)N1C2SC(C)(C)C1C(=O)NCCC1=CCCCC1. The quantitative estimate of drug-likeness (QED) is 0.690. The molecule has 1 fully saturated rings. The highest BCUT2D eigenvalue weighted by Gasteiger charge is 2.58. The van der Waals surface area contributed by atoms with Crippen molar-refractivity contribution in [2.75, 3.05) is 20.8 Å². The van der Waals surface area contributed by atoms with Crippen molar-refractivity contribution in [1.29, 1.82) is 0 Å². The Morgan fingerprint density at radius 2 is 2.07 bits per heavy atom. The summed E-state index contributed by atoms with van der Waals surface area (Å²) in [6.45, 7) is 4.69. The van der Waals surface area contributed by atoms with Crippen molar-refractivity contribution in [2.24, 2.45) is 0 Å². The molecule has 30 heavy (non-hydrogen) atoms. The summed E-state index contributed by atoms with van der Waals surface area (Å²) in [4.78, 5) is 28.4. The lowest BCUT2D eigenvalue weighted by Gasteiger charge is -2.29. The third-order valence-corrected chi connectivity index (χ3v) is 7.81. The van der Waals surface area contributed by atoms with Gasteiger partial charge in [0.1, 0.15) is 11.4 Å². The molecule has 6 nitrogen and oxygen atoms in total. The molecule has 0 saturated carbocycles. The Bertz CT molecular complexity index is 895. The number of hydrogen-bond donors (Lipinski definition) is 1. The van der Waals surface area contributed by atoms with Gasteiger partial charge in [-0.05, 0) is 52.0 Å². The lowest BCUT2D eigenvalue weighted by molar-refractivity contribution is -0.126. The van der Waals surface area contributed by atoms with Gasteiger partial charge in [0.25, 0.3) is 5.91 Å². The number of ether oxygens (including phenoxy) is 2. The van der Waals surface area contributed by atoms with E-state index in [2.05, 4.69) is 11.4 Å². The van der Waals surface area contributed by atoms with E-state index in [1.807, 2.05) is 26.0 Å². The average molecular weight is 431 g/mol. The molecule has 1 aromatic carbocycles. The van der Waals surface area contributed by atoms with Crippen LogP contribution in [-0.4, -0.2) is 48.3 Å². The molecule has 1 saturated heterocycles. The van der Waals surface area contributed by atoms with Gasteiger partial charge >= 0.3 is 0 Å². The number of rotatable bonds is 6. The van der Waals surface area contributed by atoms with E-state index in [1.165, 1.54) is 25.5 Å². The number of fused-ring (bicyclic) bond motifs is 3. The van der Waals surface area contributed by atoms with Crippen molar-refractivity contribution in [3.8, 4) is 11.5 Å². The van der Waals surface area contributed by atoms with Crippen LogP contribution in [0.15, 0.2) is 23.8 Å². The largest absolute Gasteiger partial charge is 0.493 e. The lowest BCUT2D eigenvalue weighted by Crippen LogP contribution is -2.52. The summed E-state index contributed by atoms with van der Waals surface area (Å²) in [7, 11) is 3.09. The first-order chi connectivity index (χ1) is 14.4. The topological polar surface area (TPSA) is 67.9 Å². The van der Waals surface area contributed by atoms with Gasteiger partial charge in [-0.25, -0.2) is 0 Å². The molecular formula is C23H30N2O4S. The summed E-state index contributed by atoms with van der Waals surface area (Å²) in [6, 6.07) is 3.20. The van der Waals surface area contributed by atoms with Crippen LogP contribution < -0.4 is 14.8 Å². The van der Waals surface area contributed by atoms with E-state index in [0.717, 1.165) is 24.8 Å². The van der Waals surface area contributed by atoms with Gasteiger partial charge in [0, 0.05) is 16.9 Å². The van der Waals surface area contributed by atoms with E-state index in [1.54, 1.807) is 23.8 Å². The first kappa shape index (κ1) is 21.1. The molecule has 1 N–H and O–H groups in total. The summed E-state index contributed by atoms with van der Waals surface area (Å²) >= 11 is 1.65. The van der Waals surface area contributed by atoms with Crippen LogP contribution in [0, 0.1) is 0 Å². The molecule has 162 valence electrons. The van der Waals surface area contributed by atoms with Gasteiger partial charge in [0.15, 0.2) is 11.5 Å². The molecule has 2 aliphatic heterocycles. The number of amides is 2. The molecule has 0 spiro atoms. The molecule has 1 aromatic rings. The smallest absolute Gasteiger partial charge is 0.260 e. The summed E-state index contributed by atoms with van der Waals surface area (Å²) in [6.07, 6.45) is 7.96. The van der Waals surface area contributed by atoms with Crippen molar-refractivity contribution in [3.05, 3.63) is 34.9 Å². The Balaban J connectivity index is 1.55. The van der Waals surface area contributed by atoms with Gasteiger partial charge in [-0.3, -0.25) is 9.59 Å². The van der Waals surface area contributed by atoms with Gasteiger partial charge in [-0.15, -0.1) is 11.8 Å². The van der Waals surface area contributed by atoms with E-state index in [4.69, 9.17) is 9.47 Å². The normalized spacial score (nSPS) is 24.2. The Morgan fingerprint density at radius 3 is 2.73 bits per heavy atom. The number of nitrogens with zero attached hydrogens (tertiary/aromatic N) is 1. The number of methoxy groups -OCH3 is 2. The van der Waals surface area contributed by atoms with Crippen molar-refractivity contribution in [2.45, 2.75) is 62.1 Å². The van der Waals surface area contributed by atoms with Gasteiger partial charge in [-0.1, -0.05) is 17.7 Å². The fraction of sp³-hybridized carbons (Fsp3) is 0.565. The van der Waals surface area contributed by atoms with Crippen LogP contribution in [0.3, 0.4) is 0 Å². The average Bonchev–Trinajstić information content (AvgIpc) is 3.17. The monoisotopic (exact) mass is 430 g/mol. The lowest BCUT2D eigenvalue weighted by atomic mass is 9.97. The molecule has 2 atom stereocenters. The molecule has 7 heteroatoms. The van der Waals surface area contributed by atoms with Crippen LogP contribution in [0.2, 0.25) is 0 Å². The van der Waals surface area contributed by atoms with Crippen LogP contribution in [0.1, 0.15) is 67.2 Å². The van der Waals surface area contributed by atoms with Crippen LogP contribution in [0.5, 0.6) is 11.5 Å². The maximum absolute atomic E-state index is 13.4. The van der Waals surface area contributed by atoms with Crippen molar-refractivity contribution < 1.29 is 19.1 Å². The summed E-state index contributed by atoms with van der Waals surface area (Å²) in [5.41, 5.74) is 2.83. The minimum absolute atomic E-state index is 0.0847. The predicted octanol–water partition coefficient (Wildman–Crippen LogP) is 4.06. The van der Waals surface area contributed by atoms with Gasteiger partial charge in [0.05, 0.1) is 19.8 Å². The van der Waals surface area contributed by atoms with E-state index < -0.39 is 6.04 Å². The number of benzene rings is 1. The first-order valence-electron chi connectivity index (χ1n) is 10.6. The van der Waals surface area contributed by atoms with E-state index in [-0.39, 0.29) is 21.9 Å². The molecule has 1 aliphatic carbocycles. The first-order valence-corrected chi connectivity index (χ1v) is 11.5. The maximum Gasteiger partial charge on any atom is 0.260 e. The maximum atomic E-state index is 13.4. The minimum atomic E-state index is -0.538. The molecule has 0 aromatic heterocycles. The Hall–Kier alpha value is -2.15. The Morgan fingerprint density at radius 1 is 1.27 bits per heavy atom. The zero-order chi connectivity index (χ0) is 21.5. The molecule has 3 aliphatic rings. The molecule has 2 heterocycles. The third-order valence-electron chi connectivity index (χ3n) is 6.28. The number of carbonyl (C=O) groups excluding carboxylic acids is 2. The summed E-state index contributed by atoms with van der Waals surface area (Å²) < 4.78 is 10.5. The van der Waals surface area contributed by atoms with Gasteiger partial charge < -0.3 is 19.7 Å². The summed E-state index contributed by atoms with van der Waals surface area (Å²) in [5, 5.41) is 2.90. The van der Waals surface area contributed by atoms with Crippen molar-refractivity contribution in [1.82, 2.24) is 10.2 Å².